The van der Waals surface area contributed by atoms with E-state index in [1.165, 1.54) is 0 Å². The molecule has 166 valence electrons. The fourth-order valence-electron chi connectivity index (χ4n) is 3.22. The summed E-state index contributed by atoms with van der Waals surface area (Å²) in [6.07, 6.45) is 3.26. The third-order valence-corrected chi connectivity index (χ3v) is 5.25. The molecule has 0 saturated heterocycles. The fourth-order valence-corrected chi connectivity index (χ4v) is 3.38. The van der Waals surface area contributed by atoms with Gasteiger partial charge in [-0.15, -0.1) is 5.10 Å². The first kappa shape index (κ1) is 20.8. The first-order valence-electron chi connectivity index (χ1n) is 9.98. The van der Waals surface area contributed by atoms with Crippen molar-refractivity contribution >= 4 is 11.6 Å². The molecule has 0 N–H and O–H groups in total. The molecule has 0 aliphatic carbocycles. The van der Waals surface area contributed by atoms with Gasteiger partial charge in [0.05, 0.1) is 24.0 Å². The number of pyridine rings is 1. The number of aromatic nitrogens is 9. The Morgan fingerprint density at radius 1 is 1.15 bits per heavy atom. The topological polar surface area (TPSA) is 122 Å². The van der Waals surface area contributed by atoms with Crippen LogP contribution in [0.1, 0.15) is 17.1 Å². The number of benzene rings is 1. The summed E-state index contributed by atoms with van der Waals surface area (Å²) in [5.74, 6) is 2.19. The molecule has 0 aliphatic heterocycles. The Morgan fingerprint density at radius 2 is 2.00 bits per heavy atom. The van der Waals surface area contributed by atoms with Crippen molar-refractivity contribution in [2.45, 2.75) is 20.1 Å². The number of tetrazole rings is 1. The van der Waals surface area contributed by atoms with Crippen molar-refractivity contribution in [1.82, 2.24) is 45.1 Å². The van der Waals surface area contributed by atoms with Crippen LogP contribution in [0.2, 0.25) is 5.15 Å². The highest BCUT2D eigenvalue weighted by atomic mass is 35.5. The highest BCUT2D eigenvalue weighted by molar-refractivity contribution is 6.29. The third kappa shape index (κ3) is 4.44. The van der Waals surface area contributed by atoms with Crippen molar-refractivity contribution in [3.05, 3.63) is 71.0 Å². The average molecular weight is 464 g/mol. The number of halogens is 1. The van der Waals surface area contributed by atoms with Crippen molar-refractivity contribution in [3.8, 4) is 28.6 Å². The van der Waals surface area contributed by atoms with Crippen molar-refractivity contribution in [1.29, 1.82) is 0 Å². The number of hydrogen-bond donors (Lipinski definition) is 0. The van der Waals surface area contributed by atoms with E-state index in [9.17, 15) is 0 Å². The van der Waals surface area contributed by atoms with Crippen molar-refractivity contribution < 1.29 is 9.26 Å². The van der Waals surface area contributed by atoms with E-state index in [2.05, 4.69) is 35.7 Å². The number of nitrogens with zero attached hydrogens (tertiary/aromatic N) is 9. The maximum Gasteiger partial charge on any atom is 0.261 e. The van der Waals surface area contributed by atoms with E-state index in [-0.39, 0.29) is 6.61 Å². The van der Waals surface area contributed by atoms with Crippen LogP contribution in [0.4, 0.5) is 0 Å². The molecule has 0 atom stereocenters. The predicted octanol–water partition coefficient (Wildman–Crippen LogP) is 3.11. The van der Waals surface area contributed by atoms with Gasteiger partial charge in [-0.3, -0.25) is 4.68 Å². The standard InChI is InChI=1S/C21H18ClN9O2/c1-13-26-28-29-31(13)11-14-3-5-15(6-4-14)20-25-21(33-27-20)17-10-24-30(2)18(17)12-32-16-7-8-23-19(22)9-16/h3-10H,11-12H2,1-2H3. The van der Waals surface area contributed by atoms with Crippen molar-refractivity contribution in [2.75, 3.05) is 0 Å². The maximum atomic E-state index is 5.92. The van der Waals surface area contributed by atoms with Gasteiger partial charge in [-0.25, -0.2) is 9.67 Å². The van der Waals surface area contributed by atoms with Crippen LogP contribution in [0.5, 0.6) is 5.75 Å². The van der Waals surface area contributed by atoms with Crippen LogP contribution in [0, 0.1) is 6.92 Å². The molecule has 1 aromatic carbocycles. The minimum Gasteiger partial charge on any atom is -0.487 e. The van der Waals surface area contributed by atoms with E-state index in [0.29, 0.717) is 34.7 Å². The molecule has 0 saturated carbocycles. The van der Waals surface area contributed by atoms with Gasteiger partial charge in [0.15, 0.2) is 0 Å². The Balaban J connectivity index is 1.33. The molecule has 12 heteroatoms. The van der Waals surface area contributed by atoms with Gasteiger partial charge >= 0.3 is 0 Å². The van der Waals surface area contributed by atoms with E-state index in [4.69, 9.17) is 20.9 Å². The van der Waals surface area contributed by atoms with Crippen molar-refractivity contribution in [2.24, 2.45) is 7.05 Å². The lowest BCUT2D eigenvalue weighted by molar-refractivity contribution is 0.294. The summed E-state index contributed by atoms with van der Waals surface area (Å²) in [7, 11) is 1.82. The van der Waals surface area contributed by atoms with Crippen LogP contribution in [-0.2, 0) is 20.2 Å². The first-order valence-corrected chi connectivity index (χ1v) is 10.4. The first-order chi connectivity index (χ1) is 16.1. The Hall–Kier alpha value is -4.12. The number of aryl methyl sites for hydroxylation is 2. The van der Waals surface area contributed by atoms with Crippen LogP contribution >= 0.6 is 11.6 Å². The molecular formula is C21H18ClN9O2. The molecule has 0 unspecified atom stereocenters. The Kier molecular flexibility index (Phi) is 5.53. The van der Waals surface area contributed by atoms with Crippen LogP contribution < -0.4 is 4.74 Å². The Bertz CT molecular complexity index is 1390. The molecule has 0 amide bonds. The fraction of sp³-hybridized carbons (Fsp3) is 0.190. The van der Waals surface area contributed by atoms with Crippen LogP contribution in [0.3, 0.4) is 0 Å². The molecule has 0 radical (unpaired) electrons. The van der Waals surface area contributed by atoms with E-state index in [0.717, 1.165) is 22.6 Å². The van der Waals surface area contributed by atoms with Gasteiger partial charge in [-0.1, -0.05) is 41.0 Å². The van der Waals surface area contributed by atoms with Crippen LogP contribution in [0.25, 0.3) is 22.8 Å². The molecule has 4 heterocycles. The molecule has 4 aromatic heterocycles. The summed E-state index contributed by atoms with van der Waals surface area (Å²) in [5, 5.41) is 20.3. The molecular weight excluding hydrogens is 446 g/mol. The summed E-state index contributed by atoms with van der Waals surface area (Å²) in [6, 6.07) is 11.2. The van der Waals surface area contributed by atoms with E-state index < -0.39 is 0 Å². The highest BCUT2D eigenvalue weighted by Gasteiger charge is 2.18. The summed E-state index contributed by atoms with van der Waals surface area (Å²) in [5.41, 5.74) is 3.36. The predicted molar refractivity (Wildman–Crippen MR) is 117 cm³/mol. The third-order valence-electron chi connectivity index (χ3n) is 5.05. The zero-order chi connectivity index (χ0) is 22.8. The van der Waals surface area contributed by atoms with Gasteiger partial charge in [-0.05, 0) is 29.0 Å². The molecule has 5 aromatic rings. The van der Waals surface area contributed by atoms with Gasteiger partial charge in [0, 0.05) is 24.9 Å². The smallest absolute Gasteiger partial charge is 0.261 e. The highest BCUT2D eigenvalue weighted by Crippen LogP contribution is 2.26. The molecule has 11 nitrogen and oxygen atoms in total. The summed E-state index contributed by atoms with van der Waals surface area (Å²) in [4.78, 5) is 8.51. The van der Waals surface area contributed by atoms with E-state index >= 15 is 0 Å². The monoisotopic (exact) mass is 463 g/mol. The Morgan fingerprint density at radius 3 is 2.76 bits per heavy atom. The molecule has 0 fully saturated rings. The zero-order valence-electron chi connectivity index (χ0n) is 17.8. The molecule has 0 bridgehead atoms. The van der Waals surface area contributed by atoms with Gasteiger partial charge in [0.1, 0.15) is 23.3 Å². The second-order valence-corrected chi connectivity index (χ2v) is 7.62. The summed E-state index contributed by atoms with van der Waals surface area (Å²) < 4.78 is 14.8. The molecule has 33 heavy (non-hydrogen) atoms. The van der Waals surface area contributed by atoms with Crippen molar-refractivity contribution in [3.63, 3.8) is 0 Å². The second kappa shape index (κ2) is 8.79. The number of hydrogen-bond acceptors (Lipinski definition) is 9. The van der Waals surface area contributed by atoms with Gasteiger partial charge in [0.2, 0.25) is 5.82 Å². The lowest BCUT2D eigenvalue weighted by Crippen LogP contribution is -2.04. The minimum absolute atomic E-state index is 0.245. The largest absolute Gasteiger partial charge is 0.487 e. The van der Waals surface area contributed by atoms with Crippen LogP contribution in [0.15, 0.2) is 53.3 Å². The van der Waals surface area contributed by atoms with E-state index in [1.54, 1.807) is 33.9 Å². The SMILES string of the molecule is Cc1nnnn1Cc1ccc(-c2noc(-c3cnn(C)c3COc3ccnc(Cl)c3)n2)cc1. The van der Waals surface area contributed by atoms with E-state index in [1.807, 2.05) is 38.2 Å². The molecule has 5 rings (SSSR count). The van der Waals surface area contributed by atoms with Crippen LogP contribution in [-0.4, -0.2) is 45.1 Å². The normalized spacial score (nSPS) is 11.1. The van der Waals surface area contributed by atoms with Gasteiger partial charge < -0.3 is 9.26 Å². The number of rotatable bonds is 7. The van der Waals surface area contributed by atoms with Gasteiger partial charge in [-0.2, -0.15) is 10.1 Å². The number of ether oxygens (including phenoxy) is 1. The second-order valence-electron chi connectivity index (χ2n) is 7.24. The Labute approximate surface area is 193 Å². The maximum absolute atomic E-state index is 5.92. The molecule has 0 spiro atoms. The zero-order valence-corrected chi connectivity index (χ0v) is 18.5. The lowest BCUT2D eigenvalue weighted by Gasteiger charge is -2.07. The average Bonchev–Trinajstić information content (AvgIpc) is 3.54. The quantitative estimate of drug-likeness (QED) is 0.335. The lowest BCUT2D eigenvalue weighted by atomic mass is 10.1. The minimum atomic E-state index is 0.245. The summed E-state index contributed by atoms with van der Waals surface area (Å²) >= 11 is 5.92. The summed E-state index contributed by atoms with van der Waals surface area (Å²) in [6.45, 7) is 2.69. The molecule has 0 aliphatic rings. The van der Waals surface area contributed by atoms with Gasteiger partial charge in [0.25, 0.3) is 5.89 Å².